The first-order valence-electron chi connectivity index (χ1n) is 5.00. The van der Waals surface area contributed by atoms with Crippen LogP contribution in [0.2, 0.25) is 0 Å². The minimum atomic E-state index is 0.333. The van der Waals surface area contributed by atoms with Crippen LogP contribution in [0.25, 0.3) is 0 Å². The summed E-state index contributed by atoms with van der Waals surface area (Å²) < 4.78 is 5.15. The van der Waals surface area contributed by atoms with E-state index in [2.05, 4.69) is 0 Å². The number of hydrogen-bond acceptors (Lipinski definition) is 2. The third kappa shape index (κ3) is 2.07. The van der Waals surface area contributed by atoms with E-state index in [1.807, 2.05) is 0 Å². The summed E-state index contributed by atoms with van der Waals surface area (Å²) >= 11 is 0. The second-order valence-corrected chi connectivity index (χ2v) is 3.95. The van der Waals surface area contributed by atoms with E-state index in [1.165, 1.54) is 12.8 Å². The quantitative estimate of drug-likeness (QED) is 0.465. The van der Waals surface area contributed by atoms with Gasteiger partial charge in [0.2, 0.25) is 0 Å². The molecule has 1 saturated carbocycles. The fourth-order valence-corrected chi connectivity index (χ4v) is 2.00. The molecule has 0 aromatic rings. The smallest absolute Gasteiger partial charge is 0.136 e. The van der Waals surface area contributed by atoms with E-state index in [-0.39, 0.29) is 0 Å². The van der Waals surface area contributed by atoms with Gasteiger partial charge in [0.05, 0.1) is 12.7 Å². The normalized spacial score (nSPS) is 36.2. The lowest BCUT2D eigenvalue weighted by Crippen LogP contribution is -2.14. The van der Waals surface area contributed by atoms with Crippen molar-refractivity contribution in [2.75, 3.05) is 6.61 Å². The Kier molecular flexibility index (Phi) is 2.45. The maximum atomic E-state index is 11.5. The van der Waals surface area contributed by atoms with E-state index in [9.17, 15) is 4.79 Å². The number of carbonyl (C=O) groups excluding carboxylic acids is 1. The SMILES string of the molecule is O=C1CCCCCC1CC1CO1. The highest BCUT2D eigenvalue weighted by Gasteiger charge is 2.30. The van der Waals surface area contributed by atoms with Gasteiger partial charge in [0, 0.05) is 12.3 Å². The highest BCUT2D eigenvalue weighted by Crippen LogP contribution is 2.28. The predicted molar refractivity (Wildman–Crippen MR) is 45.9 cm³/mol. The van der Waals surface area contributed by atoms with E-state index in [4.69, 9.17) is 4.74 Å². The summed E-state index contributed by atoms with van der Waals surface area (Å²) in [6.45, 7) is 0.893. The van der Waals surface area contributed by atoms with Crippen LogP contribution in [-0.2, 0) is 9.53 Å². The van der Waals surface area contributed by atoms with Crippen LogP contribution < -0.4 is 0 Å². The molecule has 2 atom stereocenters. The number of ether oxygens (including phenoxy) is 1. The first-order valence-corrected chi connectivity index (χ1v) is 5.00. The van der Waals surface area contributed by atoms with E-state index < -0.39 is 0 Å². The Labute approximate surface area is 73.3 Å². The van der Waals surface area contributed by atoms with Crippen molar-refractivity contribution >= 4 is 5.78 Å². The molecule has 68 valence electrons. The fraction of sp³-hybridized carbons (Fsp3) is 0.900. The van der Waals surface area contributed by atoms with Gasteiger partial charge in [-0.2, -0.15) is 0 Å². The van der Waals surface area contributed by atoms with Gasteiger partial charge in [0.25, 0.3) is 0 Å². The lowest BCUT2D eigenvalue weighted by molar-refractivity contribution is -0.123. The van der Waals surface area contributed by atoms with Crippen molar-refractivity contribution in [1.82, 2.24) is 0 Å². The number of hydrogen-bond donors (Lipinski definition) is 0. The Morgan fingerprint density at radius 1 is 1.33 bits per heavy atom. The molecule has 12 heavy (non-hydrogen) atoms. The molecule has 0 bridgehead atoms. The molecule has 1 aliphatic carbocycles. The Hall–Kier alpha value is -0.370. The summed E-state index contributed by atoms with van der Waals surface area (Å²) in [7, 11) is 0. The molecule has 1 heterocycles. The average Bonchev–Trinajstić information content (AvgIpc) is 2.84. The summed E-state index contributed by atoms with van der Waals surface area (Å²) in [5.41, 5.74) is 0. The standard InChI is InChI=1S/C10H16O2/c11-10-5-3-1-2-4-8(10)6-9-7-12-9/h8-9H,1-7H2. The predicted octanol–water partition coefficient (Wildman–Crippen LogP) is 1.92. The minimum Gasteiger partial charge on any atom is -0.373 e. The van der Waals surface area contributed by atoms with Crippen LogP contribution in [0.15, 0.2) is 0 Å². The topological polar surface area (TPSA) is 29.6 Å². The molecule has 1 aliphatic heterocycles. The van der Waals surface area contributed by atoms with Gasteiger partial charge in [-0.3, -0.25) is 4.79 Å². The van der Waals surface area contributed by atoms with Crippen molar-refractivity contribution < 1.29 is 9.53 Å². The zero-order valence-corrected chi connectivity index (χ0v) is 7.42. The van der Waals surface area contributed by atoms with Gasteiger partial charge < -0.3 is 4.74 Å². The molecule has 0 radical (unpaired) electrons. The van der Waals surface area contributed by atoms with Crippen molar-refractivity contribution in [3.63, 3.8) is 0 Å². The highest BCUT2D eigenvalue weighted by molar-refractivity contribution is 5.81. The van der Waals surface area contributed by atoms with Crippen LogP contribution in [0.3, 0.4) is 0 Å². The largest absolute Gasteiger partial charge is 0.373 e. The number of carbonyl (C=O) groups is 1. The maximum absolute atomic E-state index is 11.5. The summed E-state index contributed by atoms with van der Waals surface area (Å²) in [5, 5.41) is 0. The summed E-state index contributed by atoms with van der Waals surface area (Å²) in [5.74, 6) is 0.822. The van der Waals surface area contributed by atoms with Gasteiger partial charge in [-0.05, 0) is 19.3 Å². The second-order valence-electron chi connectivity index (χ2n) is 3.95. The first kappa shape index (κ1) is 8.24. The maximum Gasteiger partial charge on any atom is 0.136 e. The molecule has 1 saturated heterocycles. The number of epoxide rings is 1. The zero-order chi connectivity index (χ0) is 8.39. The molecule has 0 aromatic carbocycles. The second kappa shape index (κ2) is 3.56. The molecule has 2 unspecified atom stereocenters. The van der Waals surface area contributed by atoms with E-state index in [0.29, 0.717) is 17.8 Å². The monoisotopic (exact) mass is 168 g/mol. The van der Waals surface area contributed by atoms with Gasteiger partial charge in [-0.15, -0.1) is 0 Å². The molecular weight excluding hydrogens is 152 g/mol. The molecule has 2 heteroatoms. The molecule has 0 N–H and O–H groups in total. The third-order valence-corrected chi connectivity index (χ3v) is 2.88. The molecule has 2 aliphatic rings. The Morgan fingerprint density at radius 2 is 2.17 bits per heavy atom. The molecule has 0 aromatic heterocycles. The van der Waals surface area contributed by atoms with Crippen LogP contribution in [0.1, 0.15) is 38.5 Å². The third-order valence-electron chi connectivity index (χ3n) is 2.88. The van der Waals surface area contributed by atoms with E-state index in [1.54, 1.807) is 0 Å². The number of Topliss-reactive ketones (excluding diaryl/α,β-unsaturated/α-hetero) is 1. The number of rotatable bonds is 2. The van der Waals surface area contributed by atoms with Crippen LogP contribution in [0.4, 0.5) is 0 Å². The summed E-state index contributed by atoms with van der Waals surface area (Å²) in [4.78, 5) is 11.5. The Balaban J connectivity index is 1.85. The van der Waals surface area contributed by atoms with Gasteiger partial charge in [0.15, 0.2) is 0 Å². The molecule has 2 fully saturated rings. The molecular formula is C10H16O2. The molecule has 2 nitrogen and oxygen atoms in total. The van der Waals surface area contributed by atoms with Crippen molar-refractivity contribution in [2.45, 2.75) is 44.6 Å². The van der Waals surface area contributed by atoms with E-state index >= 15 is 0 Å². The minimum absolute atomic E-state index is 0.333. The molecule has 0 spiro atoms. The van der Waals surface area contributed by atoms with Crippen LogP contribution >= 0.6 is 0 Å². The Bertz CT molecular complexity index is 173. The van der Waals surface area contributed by atoms with Crippen molar-refractivity contribution in [3.8, 4) is 0 Å². The highest BCUT2D eigenvalue weighted by atomic mass is 16.6. The average molecular weight is 168 g/mol. The van der Waals surface area contributed by atoms with Crippen molar-refractivity contribution in [3.05, 3.63) is 0 Å². The van der Waals surface area contributed by atoms with E-state index in [0.717, 1.165) is 32.3 Å². The Morgan fingerprint density at radius 3 is 2.92 bits per heavy atom. The van der Waals surface area contributed by atoms with Crippen LogP contribution in [0.5, 0.6) is 0 Å². The van der Waals surface area contributed by atoms with Crippen molar-refractivity contribution in [1.29, 1.82) is 0 Å². The summed E-state index contributed by atoms with van der Waals surface area (Å²) in [6, 6.07) is 0. The summed E-state index contributed by atoms with van der Waals surface area (Å²) in [6.07, 6.45) is 6.95. The van der Waals surface area contributed by atoms with Gasteiger partial charge in [-0.25, -0.2) is 0 Å². The van der Waals surface area contributed by atoms with Crippen molar-refractivity contribution in [2.24, 2.45) is 5.92 Å². The lowest BCUT2D eigenvalue weighted by Gasteiger charge is -2.09. The molecule has 0 amide bonds. The van der Waals surface area contributed by atoms with Gasteiger partial charge in [0.1, 0.15) is 5.78 Å². The zero-order valence-electron chi connectivity index (χ0n) is 7.42. The van der Waals surface area contributed by atoms with Gasteiger partial charge in [-0.1, -0.05) is 12.8 Å². The van der Waals surface area contributed by atoms with Crippen LogP contribution in [0, 0.1) is 5.92 Å². The fourth-order valence-electron chi connectivity index (χ4n) is 2.00. The van der Waals surface area contributed by atoms with Gasteiger partial charge >= 0.3 is 0 Å². The first-order chi connectivity index (χ1) is 5.86. The lowest BCUT2D eigenvalue weighted by atomic mass is 9.94. The van der Waals surface area contributed by atoms with Crippen LogP contribution in [-0.4, -0.2) is 18.5 Å². The molecule has 2 rings (SSSR count). The number of ketones is 1.